The van der Waals surface area contributed by atoms with Gasteiger partial charge in [-0.25, -0.2) is 4.79 Å². The van der Waals surface area contributed by atoms with Gasteiger partial charge in [0.1, 0.15) is 0 Å². The Morgan fingerprint density at radius 2 is 1.88 bits per heavy atom. The molecular formula is C13H18O3. The lowest BCUT2D eigenvalue weighted by molar-refractivity contribution is -0.160. The molecule has 1 aromatic rings. The van der Waals surface area contributed by atoms with Gasteiger partial charge in [-0.05, 0) is 18.4 Å². The monoisotopic (exact) mass is 222 g/mol. The van der Waals surface area contributed by atoms with E-state index in [4.69, 9.17) is 5.11 Å². The number of hydrogen-bond acceptors (Lipinski definition) is 2. The lowest BCUT2D eigenvalue weighted by Crippen LogP contribution is -2.35. The normalized spacial score (nSPS) is 14.4. The SMILES string of the molecule is CCCCC[C@](O)(C(=O)O)c1ccccc1. The zero-order chi connectivity index (χ0) is 12.0. The second-order valence-corrected chi connectivity index (χ2v) is 3.99. The van der Waals surface area contributed by atoms with Crippen molar-refractivity contribution >= 4 is 5.97 Å². The summed E-state index contributed by atoms with van der Waals surface area (Å²) in [5, 5.41) is 19.3. The van der Waals surface area contributed by atoms with Gasteiger partial charge in [0.05, 0.1) is 0 Å². The van der Waals surface area contributed by atoms with Crippen molar-refractivity contribution in [3.05, 3.63) is 35.9 Å². The Hall–Kier alpha value is -1.35. The van der Waals surface area contributed by atoms with Crippen molar-refractivity contribution in [3.8, 4) is 0 Å². The van der Waals surface area contributed by atoms with Crippen molar-refractivity contribution in [2.45, 2.75) is 38.2 Å². The Morgan fingerprint density at radius 3 is 2.38 bits per heavy atom. The summed E-state index contributed by atoms with van der Waals surface area (Å²) >= 11 is 0. The standard InChI is InChI=1S/C13H18O3/c1-2-3-7-10-13(16,12(14)15)11-8-5-4-6-9-11/h4-6,8-9,16H,2-3,7,10H2,1H3,(H,14,15)/t13-/m1/s1. The molecule has 88 valence electrons. The first-order chi connectivity index (χ1) is 7.61. The lowest BCUT2D eigenvalue weighted by Gasteiger charge is -2.23. The second-order valence-electron chi connectivity index (χ2n) is 3.99. The molecule has 2 N–H and O–H groups in total. The summed E-state index contributed by atoms with van der Waals surface area (Å²) < 4.78 is 0. The number of carboxylic acids is 1. The zero-order valence-corrected chi connectivity index (χ0v) is 9.52. The molecule has 0 aliphatic rings. The Kier molecular flexibility index (Phi) is 4.50. The van der Waals surface area contributed by atoms with Crippen molar-refractivity contribution in [3.63, 3.8) is 0 Å². The maximum absolute atomic E-state index is 11.2. The minimum Gasteiger partial charge on any atom is -0.479 e. The van der Waals surface area contributed by atoms with Crippen LogP contribution in [-0.2, 0) is 10.4 Å². The van der Waals surface area contributed by atoms with Gasteiger partial charge in [-0.3, -0.25) is 0 Å². The summed E-state index contributed by atoms with van der Waals surface area (Å²) in [5.41, 5.74) is -1.28. The highest BCUT2D eigenvalue weighted by atomic mass is 16.4. The quantitative estimate of drug-likeness (QED) is 0.727. The summed E-state index contributed by atoms with van der Waals surface area (Å²) in [7, 11) is 0. The fraction of sp³-hybridized carbons (Fsp3) is 0.462. The van der Waals surface area contributed by atoms with E-state index in [2.05, 4.69) is 0 Å². The molecule has 1 atom stereocenters. The van der Waals surface area contributed by atoms with Crippen LogP contribution in [0.4, 0.5) is 0 Å². The van der Waals surface area contributed by atoms with Gasteiger partial charge in [0.25, 0.3) is 0 Å². The Morgan fingerprint density at radius 1 is 1.25 bits per heavy atom. The highest BCUT2D eigenvalue weighted by molar-refractivity contribution is 5.79. The summed E-state index contributed by atoms with van der Waals surface area (Å²) in [6.07, 6.45) is 2.92. The van der Waals surface area contributed by atoms with Crippen LogP contribution < -0.4 is 0 Å². The first-order valence-corrected chi connectivity index (χ1v) is 5.62. The molecule has 0 aliphatic carbocycles. The van der Waals surface area contributed by atoms with E-state index in [1.54, 1.807) is 30.3 Å². The van der Waals surface area contributed by atoms with Gasteiger partial charge >= 0.3 is 5.97 Å². The number of hydrogen-bond donors (Lipinski definition) is 2. The van der Waals surface area contributed by atoms with Crippen LogP contribution >= 0.6 is 0 Å². The lowest BCUT2D eigenvalue weighted by atomic mass is 9.88. The molecule has 1 rings (SSSR count). The number of unbranched alkanes of at least 4 members (excludes halogenated alkanes) is 2. The second kappa shape index (κ2) is 5.66. The number of carbonyl (C=O) groups is 1. The predicted molar refractivity (Wildman–Crippen MR) is 62.1 cm³/mol. The zero-order valence-electron chi connectivity index (χ0n) is 9.52. The first-order valence-electron chi connectivity index (χ1n) is 5.62. The van der Waals surface area contributed by atoms with E-state index in [-0.39, 0.29) is 6.42 Å². The fourth-order valence-corrected chi connectivity index (χ4v) is 1.72. The molecule has 0 fully saturated rings. The highest BCUT2D eigenvalue weighted by Gasteiger charge is 2.36. The largest absolute Gasteiger partial charge is 0.479 e. The molecule has 0 heterocycles. The summed E-state index contributed by atoms with van der Waals surface area (Å²) in [6.45, 7) is 2.04. The number of aliphatic hydroxyl groups is 1. The molecule has 0 saturated carbocycles. The van der Waals surface area contributed by atoms with Crippen molar-refractivity contribution < 1.29 is 15.0 Å². The smallest absolute Gasteiger partial charge is 0.340 e. The highest BCUT2D eigenvalue weighted by Crippen LogP contribution is 2.27. The van der Waals surface area contributed by atoms with E-state index < -0.39 is 11.6 Å². The molecule has 0 radical (unpaired) electrons. The van der Waals surface area contributed by atoms with Crippen molar-refractivity contribution in [2.75, 3.05) is 0 Å². The molecule has 3 nitrogen and oxygen atoms in total. The van der Waals surface area contributed by atoms with Gasteiger partial charge in [-0.1, -0.05) is 50.1 Å². The van der Waals surface area contributed by atoms with Gasteiger partial charge < -0.3 is 10.2 Å². The topological polar surface area (TPSA) is 57.5 Å². The molecule has 3 heteroatoms. The molecular weight excluding hydrogens is 204 g/mol. The fourth-order valence-electron chi connectivity index (χ4n) is 1.72. The van der Waals surface area contributed by atoms with Gasteiger partial charge in [0.2, 0.25) is 0 Å². The maximum Gasteiger partial charge on any atom is 0.340 e. The van der Waals surface area contributed by atoms with Crippen LogP contribution in [0.25, 0.3) is 0 Å². The summed E-state index contributed by atoms with van der Waals surface area (Å²) in [4.78, 5) is 11.2. The number of rotatable bonds is 6. The van der Waals surface area contributed by atoms with E-state index in [1.165, 1.54) is 0 Å². The van der Waals surface area contributed by atoms with Crippen LogP contribution in [0.1, 0.15) is 38.2 Å². The van der Waals surface area contributed by atoms with Crippen molar-refractivity contribution in [2.24, 2.45) is 0 Å². The molecule has 0 spiro atoms. The van der Waals surface area contributed by atoms with E-state index >= 15 is 0 Å². The van der Waals surface area contributed by atoms with Gasteiger partial charge in [0, 0.05) is 0 Å². The molecule has 0 aromatic heterocycles. The third kappa shape index (κ3) is 2.83. The van der Waals surface area contributed by atoms with Crippen LogP contribution in [0.3, 0.4) is 0 Å². The molecule has 0 aliphatic heterocycles. The van der Waals surface area contributed by atoms with Crippen LogP contribution in [-0.4, -0.2) is 16.2 Å². The molecule has 1 aromatic carbocycles. The van der Waals surface area contributed by atoms with Crippen LogP contribution in [0.5, 0.6) is 0 Å². The summed E-state index contributed by atoms with van der Waals surface area (Å²) in [5.74, 6) is -1.17. The average molecular weight is 222 g/mol. The van der Waals surface area contributed by atoms with E-state index in [0.29, 0.717) is 12.0 Å². The minimum atomic E-state index is -1.74. The van der Waals surface area contributed by atoms with Crippen molar-refractivity contribution in [1.82, 2.24) is 0 Å². The Labute approximate surface area is 95.7 Å². The maximum atomic E-state index is 11.2. The van der Waals surface area contributed by atoms with E-state index in [9.17, 15) is 9.90 Å². The molecule has 0 amide bonds. The van der Waals surface area contributed by atoms with Crippen molar-refractivity contribution in [1.29, 1.82) is 0 Å². The van der Waals surface area contributed by atoms with E-state index in [1.807, 2.05) is 6.92 Å². The molecule has 0 unspecified atom stereocenters. The first kappa shape index (κ1) is 12.7. The third-order valence-corrected chi connectivity index (χ3v) is 2.75. The van der Waals surface area contributed by atoms with Crippen LogP contribution in [0, 0.1) is 0 Å². The van der Waals surface area contributed by atoms with Gasteiger partial charge in [-0.15, -0.1) is 0 Å². The number of benzene rings is 1. The minimum absolute atomic E-state index is 0.264. The van der Waals surface area contributed by atoms with Crippen LogP contribution in [0.2, 0.25) is 0 Å². The average Bonchev–Trinajstić information content (AvgIpc) is 2.30. The van der Waals surface area contributed by atoms with Gasteiger partial charge in [0.15, 0.2) is 5.60 Å². The Balaban J connectivity index is 2.85. The Bertz CT molecular complexity index is 334. The third-order valence-electron chi connectivity index (χ3n) is 2.75. The summed E-state index contributed by atoms with van der Waals surface area (Å²) in [6, 6.07) is 8.59. The van der Waals surface area contributed by atoms with Gasteiger partial charge in [-0.2, -0.15) is 0 Å². The molecule has 16 heavy (non-hydrogen) atoms. The van der Waals surface area contributed by atoms with E-state index in [0.717, 1.165) is 12.8 Å². The predicted octanol–water partition coefficient (Wildman–Crippen LogP) is 2.54. The molecule has 0 saturated heterocycles. The van der Waals surface area contributed by atoms with Crippen LogP contribution in [0.15, 0.2) is 30.3 Å². The molecule has 0 bridgehead atoms. The number of carboxylic acid groups (broad SMARTS) is 1. The number of aliphatic carboxylic acids is 1.